The van der Waals surface area contributed by atoms with Crippen molar-refractivity contribution in [3.05, 3.63) is 69.8 Å². The van der Waals surface area contributed by atoms with Gasteiger partial charge in [0, 0.05) is 29.9 Å². The Labute approximate surface area is 163 Å². The van der Waals surface area contributed by atoms with Gasteiger partial charge in [0.05, 0.1) is 12.6 Å². The van der Waals surface area contributed by atoms with Crippen molar-refractivity contribution in [3.8, 4) is 11.4 Å². The fourth-order valence-corrected chi connectivity index (χ4v) is 4.15. The topological polar surface area (TPSA) is 85.4 Å². The van der Waals surface area contributed by atoms with Crippen molar-refractivity contribution in [1.29, 1.82) is 0 Å². The summed E-state index contributed by atoms with van der Waals surface area (Å²) in [7, 11) is 0. The van der Waals surface area contributed by atoms with Crippen LogP contribution in [0, 0.1) is 0 Å². The molecule has 4 heterocycles. The van der Waals surface area contributed by atoms with Crippen LogP contribution in [0.25, 0.3) is 16.3 Å². The van der Waals surface area contributed by atoms with Crippen LogP contribution in [0.4, 0.5) is 0 Å². The van der Waals surface area contributed by atoms with Gasteiger partial charge in [-0.3, -0.25) is 14.0 Å². The molecule has 28 heavy (non-hydrogen) atoms. The number of fused-ring (bicyclic) bond motifs is 2. The number of hydrogen-bond acceptors (Lipinski definition) is 6. The highest BCUT2D eigenvalue weighted by atomic mass is 32.1. The molecule has 0 unspecified atom stereocenters. The molecule has 1 aliphatic heterocycles. The van der Waals surface area contributed by atoms with Gasteiger partial charge in [-0.2, -0.15) is 5.10 Å². The van der Waals surface area contributed by atoms with Crippen LogP contribution in [-0.2, 0) is 6.54 Å². The first kappa shape index (κ1) is 16.8. The number of benzene rings is 1. The molecule has 1 atom stereocenters. The minimum atomic E-state index is -0.347. The third-order valence-corrected chi connectivity index (χ3v) is 5.73. The van der Waals surface area contributed by atoms with Gasteiger partial charge < -0.3 is 4.90 Å². The molecule has 0 fully saturated rings. The van der Waals surface area contributed by atoms with Crippen LogP contribution in [0.2, 0.25) is 0 Å². The molecule has 0 saturated carbocycles. The van der Waals surface area contributed by atoms with Crippen LogP contribution in [0.15, 0.2) is 52.9 Å². The largest absolute Gasteiger partial charge is 0.327 e. The number of aromatic nitrogens is 5. The Morgan fingerprint density at radius 3 is 2.86 bits per heavy atom. The van der Waals surface area contributed by atoms with Gasteiger partial charge in [0.2, 0.25) is 0 Å². The Balaban J connectivity index is 1.49. The summed E-state index contributed by atoms with van der Waals surface area (Å²) >= 11 is 1.35. The summed E-state index contributed by atoms with van der Waals surface area (Å²) in [6.45, 7) is 2.89. The molecule has 0 bridgehead atoms. The number of hydrogen-bond donors (Lipinski definition) is 0. The van der Waals surface area contributed by atoms with E-state index < -0.39 is 0 Å². The van der Waals surface area contributed by atoms with Crippen molar-refractivity contribution >= 4 is 22.2 Å². The Bertz CT molecular complexity index is 1240. The van der Waals surface area contributed by atoms with Crippen molar-refractivity contribution in [1.82, 2.24) is 29.0 Å². The molecule has 5 rings (SSSR count). The summed E-state index contributed by atoms with van der Waals surface area (Å²) in [4.78, 5) is 36.9. The Morgan fingerprint density at radius 2 is 2.04 bits per heavy atom. The summed E-state index contributed by atoms with van der Waals surface area (Å²) in [5.74, 6) is 1.02. The molecule has 0 radical (unpaired) electrons. The summed E-state index contributed by atoms with van der Waals surface area (Å²) < 4.78 is 3.24. The second-order valence-electron chi connectivity index (χ2n) is 6.59. The van der Waals surface area contributed by atoms with Crippen molar-refractivity contribution in [3.63, 3.8) is 0 Å². The molecule has 1 aliphatic rings. The Kier molecular flexibility index (Phi) is 3.83. The number of rotatable bonds is 2. The standard InChI is InChI=1S/C19H16N6O2S/c1-12-16-21-15(13-5-3-2-4-6-13)22-25(16)8-7-23(12)17(26)14-11-20-19-24(18(14)27)9-10-28-19/h2-6,9-12H,7-8H2,1H3/t12-/m0/s1. The van der Waals surface area contributed by atoms with Gasteiger partial charge in [-0.1, -0.05) is 30.3 Å². The van der Waals surface area contributed by atoms with Gasteiger partial charge in [0.1, 0.15) is 11.4 Å². The summed E-state index contributed by atoms with van der Waals surface area (Å²) in [6.07, 6.45) is 3.01. The molecular weight excluding hydrogens is 376 g/mol. The van der Waals surface area contributed by atoms with E-state index in [0.29, 0.717) is 29.7 Å². The van der Waals surface area contributed by atoms with E-state index >= 15 is 0 Å². The first-order chi connectivity index (χ1) is 13.6. The maximum Gasteiger partial charge on any atom is 0.271 e. The lowest BCUT2D eigenvalue weighted by Gasteiger charge is -2.32. The van der Waals surface area contributed by atoms with E-state index in [9.17, 15) is 9.59 Å². The van der Waals surface area contributed by atoms with Crippen LogP contribution in [0.5, 0.6) is 0 Å². The van der Waals surface area contributed by atoms with Crippen LogP contribution >= 0.6 is 11.3 Å². The first-order valence-corrected chi connectivity index (χ1v) is 9.77. The molecule has 4 aromatic rings. The monoisotopic (exact) mass is 392 g/mol. The third-order valence-electron chi connectivity index (χ3n) is 4.96. The lowest BCUT2D eigenvalue weighted by Crippen LogP contribution is -2.43. The summed E-state index contributed by atoms with van der Waals surface area (Å²) in [5.41, 5.74) is 0.652. The summed E-state index contributed by atoms with van der Waals surface area (Å²) in [5, 5.41) is 6.35. The van der Waals surface area contributed by atoms with Crippen molar-refractivity contribution in [2.75, 3.05) is 6.54 Å². The molecule has 1 amide bonds. The van der Waals surface area contributed by atoms with Crippen LogP contribution < -0.4 is 5.56 Å². The normalized spacial score (nSPS) is 16.3. The molecule has 8 nitrogen and oxygen atoms in total. The zero-order valence-electron chi connectivity index (χ0n) is 15.0. The second-order valence-corrected chi connectivity index (χ2v) is 7.46. The molecule has 9 heteroatoms. The zero-order chi connectivity index (χ0) is 19.3. The van der Waals surface area contributed by atoms with Gasteiger partial charge in [0.25, 0.3) is 11.5 Å². The van der Waals surface area contributed by atoms with Gasteiger partial charge in [-0.25, -0.2) is 14.6 Å². The number of carbonyl (C=O) groups excluding carboxylic acids is 1. The van der Waals surface area contributed by atoms with E-state index in [0.717, 1.165) is 5.56 Å². The van der Waals surface area contributed by atoms with E-state index in [1.54, 1.807) is 16.5 Å². The zero-order valence-corrected chi connectivity index (χ0v) is 15.8. The molecule has 0 aliphatic carbocycles. The smallest absolute Gasteiger partial charge is 0.271 e. The molecule has 3 aromatic heterocycles. The average molecular weight is 392 g/mol. The van der Waals surface area contributed by atoms with Gasteiger partial charge in [-0.05, 0) is 6.92 Å². The average Bonchev–Trinajstić information content (AvgIpc) is 3.37. The molecule has 0 N–H and O–H groups in total. The number of carbonyl (C=O) groups is 1. The van der Waals surface area contributed by atoms with Gasteiger partial charge >= 0.3 is 0 Å². The highest BCUT2D eigenvalue weighted by Gasteiger charge is 2.32. The highest BCUT2D eigenvalue weighted by molar-refractivity contribution is 7.15. The minimum absolute atomic E-state index is 0.0685. The highest BCUT2D eigenvalue weighted by Crippen LogP contribution is 2.27. The van der Waals surface area contributed by atoms with Gasteiger partial charge in [-0.15, -0.1) is 11.3 Å². The number of thiazole rings is 1. The van der Waals surface area contributed by atoms with Crippen molar-refractivity contribution in [2.45, 2.75) is 19.5 Å². The lowest BCUT2D eigenvalue weighted by atomic mass is 10.1. The fourth-order valence-electron chi connectivity index (χ4n) is 3.48. The Morgan fingerprint density at radius 1 is 1.21 bits per heavy atom. The number of amides is 1. The van der Waals surface area contributed by atoms with Crippen molar-refractivity contribution < 1.29 is 4.79 Å². The van der Waals surface area contributed by atoms with Gasteiger partial charge in [0.15, 0.2) is 10.8 Å². The van der Waals surface area contributed by atoms with Crippen molar-refractivity contribution in [2.24, 2.45) is 0 Å². The number of nitrogens with zero attached hydrogens (tertiary/aromatic N) is 6. The van der Waals surface area contributed by atoms with E-state index in [4.69, 9.17) is 0 Å². The van der Waals surface area contributed by atoms with Crippen LogP contribution in [0.3, 0.4) is 0 Å². The van der Waals surface area contributed by atoms with E-state index in [1.165, 1.54) is 21.9 Å². The molecule has 1 aromatic carbocycles. The van der Waals surface area contributed by atoms with Crippen LogP contribution in [0.1, 0.15) is 29.1 Å². The fraction of sp³-hybridized carbons (Fsp3) is 0.211. The van der Waals surface area contributed by atoms with E-state index in [2.05, 4.69) is 15.1 Å². The summed E-state index contributed by atoms with van der Waals surface area (Å²) in [6, 6.07) is 9.44. The molecule has 0 saturated heterocycles. The van der Waals surface area contributed by atoms with Crippen LogP contribution in [-0.4, -0.2) is 41.5 Å². The minimum Gasteiger partial charge on any atom is -0.327 e. The Hall–Kier alpha value is -3.33. The predicted octanol–water partition coefficient (Wildman–Crippen LogP) is 2.23. The SMILES string of the molecule is C[C@H]1c2nc(-c3ccccc3)nn2CCN1C(=O)c1cnc2sccn2c1=O. The predicted molar refractivity (Wildman–Crippen MR) is 104 cm³/mol. The third kappa shape index (κ3) is 2.55. The molecule has 0 spiro atoms. The first-order valence-electron chi connectivity index (χ1n) is 8.89. The van der Waals surface area contributed by atoms with E-state index in [-0.39, 0.29) is 23.1 Å². The second kappa shape index (κ2) is 6.38. The maximum atomic E-state index is 13.1. The molecule has 140 valence electrons. The quantitative estimate of drug-likeness (QED) is 0.522. The van der Waals surface area contributed by atoms with E-state index in [1.807, 2.05) is 41.9 Å². The lowest BCUT2D eigenvalue weighted by molar-refractivity contribution is 0.0628. The maximum absolute atomic E-state index is 13.1. The molecular formula is C19H16N6O2S.